The first kappa shape index (κ1) is 13.8. The van der Waals surface area contributed by atoms with E-state index in [1.807, 2.05) is 0 Å². The van der Waals surface area contributed by atoms with E-state index in [0.717, 1.165) is 19.5 Å². The Morgan fingerprint density at radius 1 is 0.947 bits per heavy atom. The number of hydrogen-bond acceptors (Lipinski definition) is 5. The molecule has 0 aliphatic carbocycles. The van der Waals surface area contributed by atoms with Gasteiger partial charge in [-0.25, -0.2) is 8.42 Å². The summed E-state index contributed by atoms with van der Waals surface area (Å²) >= 11 is 0. The van der Waals surface area contributed by atoms with Crippen molar-refractivity contribution in [2.24, 2.45) is 0 Å². The molecule has 6 heteroatoms. The van der Waals surface area contributed by atoms with Gasteiger partial charge >= 0.3 is 0 Å². The maximum absolute atomic E-state index is 11.6. The molecule has 5 nitrogen and oxygen atoms in total. The van der Waals surface area contributed by atoms with E-state index in [1.165, 1.54) is 32.4 Å². The van der Waals surface area contributed by atoms with Crippen molar-refractivity contribution < 1.29 is 13.5 Å². The van der Waals surface area contributed by atoms with Crippen molar-refractivity contribution in [2.75, 3.05) is 37.7 Å². The second-order valence-electron chi connectivity index (χ2n) is 6.25. The highest BCUT2D eigenvalue weighted by molar-refractivity contribution is 7.91. The zero-order chi connectivity index (χ0) is 13.5. The van der Waals surface area contributed by atoms with E-state index in [9.17, 15) is 13.5 Å². The van der Waals surface area contributed by atoms with Crippen LogP contribution in [-0.4, -0.2) is 79.2 Å². The summed E-state index contributed by atoms with van der Waals surface area (Å²) in [5.41, 5.74) is 0. The number of aliphatic hydroxyl groups excluding tert-OH is 1. The van der Waals surface area contributed by atoms with Crippen LogP contribution in [0.3, 0.4) is 0 Å². The second kappa shape index (κ2) is 5.31. The highest BCUT2D eigenvalue weighted by Crippen LogP contribution is 2.26. The van der Waals surface area contributed by atoms with Gasteiger partial charge in [0.15, 0.2) is 9.84 Å². The molecule has 3 saturated heterocycles. The van der Waals surface area contributed by atoms with E-state index in [2.05, 4.69) is 9.80 Å². The first-order valence-electron chi connectivity index (χ1n) is 7.42. The number of rotatable bonds is 2. The normalized spacial score (nSPS) is 40.8. The van der Waals surface area contributed by atoms with E-state index >= 15 is 0 Å². The predicted molar refractivity (Wildman–Crippen MR) is 73.9 cm³/mol. The number of piperidine rings is 1. The lowest BCUT2D eigenvalue weighted by molar-refractivity contribution is 0.0886. The number of sulfone groups is 1. The Hall–Kier alpha value is -0.170. The third kappa shape index (κ3) is 2.96. The first-order chi connectivity index (χ1) is 9.05. The van der Waals surface area contributed by atoms with Crippen LogP contribution in [0.1, 0.15) is 25.7 Å². The van der Waals surface area contributed by atoms with Gasteiger partial charge in [0.05, 0.1) is 23.7 Å². The number of aliphatic hydroxyl groups is 1. The fourth-order valence-electron chi connectivity index (χ4n) is 3.81. The summed E-state index contributed by atoms with van der Waals surface area (Å²) < 4.78 is 23.2. The zero-order valence-electron chi connectivity index (χ0n) is 11.4. The van der Waals surface area contributed by atoms with E-state index in [-0.39, 0.29) is 17.5 Å². The van der Waals surface area contributed by atoms with Gasteiger partial charge in [0.2, 0.25) is 0 Å². The van der Waals surface area contributed by atoms with Crippen molar-refractivity contribution in [1.29, 1.82) is 0 Å². The predicted octanol–water partition coefficient (Wildman–Crippen LogP) is -0.295. The van der Waals surface area contributed by atoms with Crippen LogP contribution < -0.4 is 0 Å². The van der Waals surface area contributed by atoms with Crippen molar-refractivity contribution >= 4 is 9.84 Å². The smallest absolute Gasteiger partial charge is 0.154 e. The lowest BCUT2D eigenvalue weighted by atomic mass is 10.1. The number of likely N-dealkylation sites (tertiary alicyclic amines) is 2. The van der Waals surface area contributed by atoms with Gasteiger partial charge in [-0.3, -0.25) is 9.80 Å². The Morgan fingerprint density at radius 2 is 1.68 bits per heavy atom. The lowest BCUT2D eigenvalue weighted by Crippen LogP contribution is -2.45. The molecule has 3 fully saturated rings. The lowest BCUT2D eigenvalue weighted by Gasteiger charge is -2.33. The van der Waals surface area contributed by atoms with Crippen LogP contribution >= 0.6 is 0 Å². The molecule has 0 aromatic rings. The van der Waals surface area contributed by atoms with Gasteiger partial charge < -0.3 is 5.11 Å². The minimum Gasteiger partial charge on any atom is -0.390 e. The number of nitrogens with zero attached hydrogens (tertiary/aromatic N) is 2. The molecule has 0 bridgehead atoms. The molecule has 0 radical (unpaired) electrons. The second-order valence-corrected chi connectivity index (χ2v) is 8.40. The van der Waals surface area contributed by atoms with Gasteiger partial charge in [-0.2, -0.15) is 0 Å². The molecule has 3 unspecified atom stereocenters. The first-order valence-corrected chi connectivity index (χ1v) is 9.24. The van der Waals surface area contributed by atoms with E-state index in [0.29, 0.717) is 6.04 Å². The van der Waals surface area contributed by atoms with Crippen LogP contribution in [0.15, 0.2) is 0 Å². The highest BCUT2D eigenvalue weighted by Gasteiger charge is 2.42. The monoisotopic (exact) mass is 288 g/mol. The summed E-state index contributed by atoms with van der Waals surface area (Å²) in [6.07, 6.45) is 4.34. The zero-order valence-corrected chi connectivity index (χ0v) is 12.2. The third-order valence-corrected chi connectivity index (χ3v) is 6.56. The van der Waals surface area contributed by atoms with Gasteiger partial charge in [0, 0.05) is 19.1 Å². The molecule has 110 valence electrons. The quantitative estimate of drug-likeness (QED) is 0.756. The van der Waals surface area contributed by atoms with Gasteiger partial charge in [0.1, 0.15) is 0 Å². The van der Waals surface area contributed by atoms with Crippen LogP contribution in [0.2, 0.25) is 0 Å². The Balaban J connectivity index is 1.59. The summed E-state index contributed by atoms with van der Waals surface area (Å²) in [5.74, 6) is 0.0867. The number of hydrogen-bond donors (Lipinski definition) is 1. The molecule has 0 saturated carbocycles. The van der Waals surface area contributed by atoms with Crippen molar-refractivity contribution in [3.63, 3.8) is 0 Å². The maximum Gasteiger partial charge on any atom is 0.154 e. The molecule has 3 heterocycles. The molecule has 3 rings (SSSR count). The van der Waals surface area contributed by atoms with Crippen LogP contribution in [0.5, 0.6) is 0 Å². The molecule has 3 aliphatic heterocycles. The van der Waals surface area contributed by atoms with Gasteiger partial charge in [-0.15, -0.1) is 0 Å². The van der Waals surface area contributed by atoms with Crippen LogP contribution in [0, 0.1) is 0 Å². The minimum atomic E-state index is -3.03. The van der Waals surface area contributed by atoms with Crippen molar-refractivity contribution in [3.8, 4) is 0 Å². The van der Waals surface area contributed by atoms with Crippen molar-refractivity contribution in [2.45, 2.75) is 43.9 Å². The molecule has 0 aromatic carbocycles. The van der Waals surface area contributed by atoms with E-state index in [4.69, 9.17) is 0 Å². The van der Waals surface area contributed by atoms with Crippen molar-refractivity contribution in [3.05, 3.63) is 0 Å². The molecular weight excluding hydrogens is 264 g/mol. The summed E-state index contributed by atoms with van der Waals surface area (Å²) in [4.78, 5) is 4.76. The fourth-order valence-corrected chi connectivity index (χ4v) is 5.64. The van der Waals surface area contributed by atoms with Crippen molar-refractivity contribution in [1.82, 2.24) is 9.80 Å². The average Bonchev–Trinajstić information content (AvgIpc) is 2.95. The Labute approximate surface area is 115 Å². The Bertz CT molecular complexity index is 420. The molecule has 3 atom stereocenters. The van der Waals surface area contributed by atoms with E-state index < -0.39 is 15.9 Å². The summed E-state index contributed by atoms with van der Waals surface area (Å²) in [5, 5.41) is 9.95. The summed E-state index contributed by atoms with van der Waals surface area (Å²) in [7, 11) is -3.03. The topological polar surface area (TPSA) is 60.9 Å². The average molecular weight is 288 g/mol. The van der Waals surface area contributed by atoms with Gasteiger partial charge in [-0.05, 0) is 32.4 Å². The maximum atomic E-state index is 11.6. The Morgan fingerprint density at radius 3 is 2.32 bits per heavy atom. The summed E-state index contributed by atoms with van der Waals surface area (Å²) in [6, 6.07) is 0.399. The molecule has 3 aliphatic rings. The summed E-state index contributed by atoms with van der Waals surface area (Å²) in [6.45, 7) is 4.23. The van der Waals surface area contributed by atoms with Crippen LogP contribution in [0.4, 0.5) is 0 Å². The fraction of sp³-hybridized carbons (Fsp3) is 1.00. The molecule has 1 N–H and O–H groups in total. The van der Waals surface area contributed by atoms with Crippen LogP contribution in [-0.2, 0) is 9.84 Å². The SMILES string of the molecule is O=S1(=O)CC(O)C(N2CCC(N3CCCCC3)C2)C1. The largest absolute Gasteiger partial charge is 0.390 e. The van der Waals surface area contributed by atoms with Gasteiger partial charge in [0.25, 0.3) is 0 Å². The van der Waals surface area contributed by atoms with Gasteiger partial charge in [-0.1, -0.05) is 6.42 Å². The van der Waals surface area contributed by atoms with E-state index in [1.54, 1.807) is 0 Å². The molecular formula is C13H24N2O3S. The standard InChI is InChI=1S/C13H24N2O3S/c16-13-10-19(17,18)9-12(13)15-7-4-11(8-15)14-5-2-1-3-6-14/h11-13,16H,1-10H2. The Kier molecular flexibility index (Phi) is 3.86. The molecule has 0 amide bonds. The minimum absolute atomic E-state index is 0.0530. The molecule has 0 spiro atoms. The third-order valence-electron chi connectivity index (χ3n) is 4.86. The highest BCUT2D eigenvalue weighted by atomic mass is 32.2. The molecule has 19 heavy (non-hydrogen) atoms. The molecule has 0 aromatic heterocycles. The van der Waals surface area contributed by atoms with Crippen LogP contribution in [0.25, 0.3) is 0 Å².